The molecule has 2 unspecified atom stereocenters. The predicted octanol–water partition coefficient (Wildman–Crippen LogP) is 8.22. The van der Waals surface area contributed by atoms with Gasteiger partial charge in [-0.2, -0.15) is 0 Å². The van der Waals surface area contributed by atoms with Crippen molar-refractivity contribution >= 4 is 20.0 Å². The number of amides is 3. The fourth-order valence-electron chi connectivity index (χ4n) is 5.31. The lowest BCUT2D eigenvalue weighted by atomic mass is 9.72. The number of hydrogen-bond donors (Lipinski definition) is 1. The molecule has 8 heteroatoms. The van der Waals surface area contributed by atoms with Crippen molar-refractivity contribution in [2.45, 2.75) is 98.0 Å². The lowest BCUT2D eigenvalue weighted by Crippen LogP contribution is -2.73. The molecule has 0 bridgehead atoms. The molecule has 1 aliphatic heterocycles. The summed E-state index contributed by atoms with van der Waals surface area (Å²) in [5, 5.41) is 3.09. The van der Waals surface area contributed by atoms with Crippen LogP contribution in [0.25, 0.3) is 0 Å². The highest BCUT2D eigenvalue weighted by Crippen LogP contribution is 2.48. The highest BCUT2D eigenvalue weighted by atomic mass is 31.1. The minimum atomic E-state index is -1.82. The Hall–Kier alpha value is -2.76. The van der Waals surface area contributed by atoms with Crippen LogP contribution in [0.1, 0.15) is 102 Å². The Morgan fingerprint density at radius 1 is 0.949 bits per heavy atom. The van der Waals surface area contributed by atoms with Crippen molar-refractivity contribution < 1.29 is 23.4 Å². The van der Waals surface area contributed by atoms with Crippen LogP contribution in [0.2, 0.25) is 0 Å². The summed E-state index contributed by atoms with van der Waals surface area (Å²) >= 11 is 0. The molecule has 0 aliphatic carbocycles. The first-order chi connectivity index (χ1) is 18.8. The summed E-state index contributed by atoms with van der Waals surface area (Å²) in [4.78, 5) is 28.1. The van der Waals surface area contributed by atoms with Gasteiger partial charge in [0.2, 0.25) is 11.6 Å². The van der Waals surface area contributed by atoms with Crippen molar-refractivity contribution in [3.05, 3.63) is 65.2 Å². The molecule has 1 saturated heterocycles. The molecule has 0 saturated carbocycles. The first-order valence-corrected chi connectivity index (χ1v) is 15.6. The van der Waals surface area contributed by atoms with Gasteiger partial charge in [-0.3, -0.25) is 4.79 Å². The van der Waals surface area contributed by atoms with Crippen LogP contribution >= 0.6 is 8.03 Å². The summed E-state index contributed by atoms with van der Waals surface area (Å²) in [6.07, 6.45) is 3.73. The highest BCUT2D eigenvalue weighted by molar-refractivity contribution is 7.39. The second kappa shape index (κ2) is 14.0. The number of nitrogens with zero attached hydrogens (tertiary/aromatic N) is 1. The van der Waals surface area contributed by atoms with Gasteiger partial charge < -0.3 is 10.1 Å². The molecule has 0 aromatic heterocycles. The molecule has 1 fully saturated rings. The van der Waals surface area contributed by atoms with Crippen LogP contribution in [-0.2, 0) is 13.9 Å². The van der Waals surface area contributed by atoms with E-state index in [9.17, 15) is 14.2 Å². The lowest BCUT2D eigenvalue weighted by molar-refractivity contribution is -0.191. The average Bonchev–Trinajstić information content (AvgIpc) is 2.93. The SMILES string of the molecule is CCCC(c1ccc(O[C@@H]2N(C(=O)N[C@H](CCC)c3ccc(C)cc3)C(=O)C2(CC)CC)cc1)[P+](=O)OCC. The monoisotopic (exact) mass is 555 g/mol. The van der Waals surface area contributed by atoms with Crippen molar-refractivity contribution in [1.82, 2.24) is 10.2 Å². The zero-order valence-corrected chi connectivity index (χ0v) is 25.1. The molecule has 7 nitrogen and oxygen atoms in total. The van der Waals surface area contributed by atoms with E-state index in [2.05, 4.69) is 19.2 Å². The minimum absolute atomic E-state index is 0.186. The van der Waals surface area contributed by atoms with Crippen LogP contribution in [-0.4, -0.2) is 29.7 Å². The zero-order chi connectivity index (χ0) is 28.6. The maximum absolute atomic E-state index is 13.5. The maximum atomic E-state index is 13.5. The van der Waals surface area contributed by atoms with Gasteiger partial charge in [0.25, 0.3) is 0 Å². The average molecular weight is 556 g/mol. The van der Waals surface area contributed by atoms with Crippen LogP contribution in [0.4, 0.5) is 4.79 Å². The third kappa shape index (κ3) is 6.70. The molecule has 1 aliphatic rings. The Kier molecular flexibility index (Phi) is 11.1. The van der Waals surface area contributed by atoms with Gasteiger partial charge in [-0.1, -0.05) is 82.5 Å². The van der Waals surface area contributed by atoms with Crippen LogP contribution in [0, 0.1) is 12.3 Å². The number of ether oxygens (including phenoxy) is 1. The Balaban J connectivity index is 1.82. The first-order valence-electron chi connectivity index (χ1n) is 14.3. The highest BCUT2D eigenvalue weighted by Gasteiger charge is 2.63. The van der Waals surface area contributed by atoms with Crippen molar-refractivity contribution in [3.63, 3.8) is 0 Å². The summed E-state index contributed by atoms with van der Waals surface area (Å²) in [6.45, 7) is 12.3. The second-order valence-electron chi connectivity index (χ2n) is 10.3. The largest absolute Gasteiger partial charge is 0.516 e. The van der Waals surface area contributed by atoms with E-state index >= 15 is 0 Å². The molecule has 1 N–H and O–H groups in total. The van der Waals surface area contributed by atoms with Gasteiger partial charge in [0, 0.05) is 12.0 Å². The van der Waals surface area contributed by atoms with Gasteiger partial charge in [-0.15, -0.1) is 4.52 Å². The summed E-state index contributed by atoms with van der Waals surface area (Å²) in [6, 6.07) is 14.9. The fourth-order valence-corrected chi connectivity index (χ4v) is 6.63. The topological polar surface area (TPSA) is 84.9 Å². The summed E-state index contributed by atoms with van der Waals surface area (Å²) in [7, 11) is -1.82. The van der Waals surface area contributed by atoms with E-state index < -0.39 is 25.7 Å². The number of hydrogen-bond acceptors (Lipinski definition) is 5. The molecular weight excluding hydrogens is 511 g/mol. The van der Waals surface area contributed by atoms with Crippen molar-refractivity contribution in [2.75, 3.05) is 6.61 Å². The molecule has 0 spiro atoms. The van der Waals surface area contributed by atoms with E-state index in [1.54, 1.807) is 0 Å². The maximum Gasteiger partial charge on any atom is 0.516 e. The normalized spacial score (nSPS) is 18.2. The Labute approximate surface area is 234 Å². The van der Waals surface area contributed by atoms with E-state index in [4.69, 9.17) is 9.26 Å². The van der Waals surface area contributed by atoms with E-state index in [0.29, 0.717) is 25.2 Å². The van der Waals surface area contributed by atoms with Crippen LogP contribution in [0.3, 0.4) is 0 Å². The number of likely N-dealkylation sites (tertiary alicyclic amines) is 1. The van der Waals surface area contributed by atoms with Crippen LogP contribution in [0.5, 0.6) is 5.75 Å². The Morgan fingerprint density at radius 2 is 1.54 bits per heavy atom. The summed E-state index contributed by atoms with van der Waals surface area (Å²) in [5.41, 5.74) is 2.15. The number of carbonyl (C=O) groups excluding carboxylic acids is 2. The smallest absolute Gasteiger partial charge is 0.469 e. The van der Waals surface area contributed by atoms with Crippen LogP contribution < -0.4 is 10.1 Å². The van der Waals surface area contributed by atoms with Gasteiger partial charge >= 0.3 is 14.1 Å². The van der Waals surface area contributed by atoms with Crippen molar-refractivity contribution in [3.8, 4) is 5.75 Å². The lowest BCUT2D eigenvalue weighted by Gasteiger charge is -2.53. The van der Waals surface area contributed by atoms with Gasteiger partial charge in [-0.05, 0) is 55.4 Å². The number of β-lactam (4-membered cyclic amide) rings is 1. The molecule has 3 amide bonds. The fraction of sp³-hybridized carbons (Fsp3) is 0.548. The number of benzene rings is 2. The first kappa shape index (κ1) is 30.8. The number of rotatable bonds is 14. The quantitative estimate of drug-likeness (QED) is 0.187. The number of urea groups is 1. The van der Waals surface area contributed by atoms with E-state index in [0.717, 1.165) is 42.4 Å². The number of carbonyl (C=O) groups is 2. The molecule has 0 radical (unpaired) electrons. The van der Waals surface area contributed by atoms with Crippen molar-refractivity contribution in [1.29, 1.82) is 0 Å². The molecule has 212 valence electrons. The predicted molar refractivity (Wildman–Crippen MR) is 155 cm³/mol. The van der Waals surface area contributed by atoms with Gasteiger partial charge in [0.1, 0.15) is 11.2 Å². The van der Waals surface area contributed by atoms with E-state index in [-0.39, 0.29) is 17.6 Å². The van der Waals surface area contributed by atoms with Crippen molar-refractivity contribution in [2.24, 2.45) is 5.41 Å². The van der Waals surface area contributed by atoms with Gasteiger partial charge in [0.05, 0.1) is 12.6 Å². The minimum Gasteiger partial charge on any atom is -0.469 e. The van der Waals surface area contributed by atoms with Crippen LogP contribution in [0.15, 0.2) is 48.5 Å². The second-order valence-corrected chi connectivity index (χ2v) is 11.7. The number of nitrogens with one attached hydrogen (secondary N) is 1. The molecule has 39 heavy (non-hydrogen) atoms. The van der Waals surface area contributed by atoms with Gasteiger partial charge in [0.15, 0.2) is 6.23 Å². The molecule has 3 rings (SSSR count). The summed E-state index contributed by atoms with van der Waals surface area (Å²) in [5.74, 6) is 0.355. The zero-order valence-electron chi connectivity index (χ0n) is 24.2. The number of aryl methyl sites for hydroxylation is 1. The Morgan fingerprint density at radius 3 is 2.08 bits per heavy atom. The molecular formula is C31H44N2O5P+. The van der Waals surface area contributed by atoms with E-state index in [1.165, 1.54) is 4.90 Å². The third-order valence-corrected chi connectivity index (χ3v) is 9.35. The molecule has 2 aromatic rings. The molecule has 4 atom stereocenters. The van der Waals surface area contributed by atoms with Gasteiger partial charge in [-0.25, -0.2) is 9.69 Å². The molecule has 2 aromatic carbocycles. The standard InChI is InChI=1S/C31H43N2O5P/c1-7-12-26(23-16-14-22(6)15-17-23)32-30(35)33-28(34)31(9-3,10-4)29(33)38-25-20-18-24(19-21-25)27(13-8-2)39(36)37-11-5/h14-21,26-27,29H,7-13H2,1-6H3/p+1/t26-,27?,29+/m1/s1. The van der Waals surface area contributed by atoms with E-state index in [1.807, 2.05) is 76.2 Å². The third-order valence-electron chi connectivity index (χ3n) is 7.77. The molecule has 1 heterocycles. The number of imide groups is 1. The Bertz CT molecular complexity index is 1110. The summed E-state index contributed by atoms with van der Waals surface area (Å²) < 4.78 is 24.4.